The molecular formula is C16H28N2. The summed E-state index contributed by atoms with van der Waals surface area (Å²) in [6, 6.07) is 8.93. The summed E-state index contributed by atoms with van der Waals surface area (Å²) >= 11 is 0. The van der Waals surface area contributed by atoms with E-state index in [2.05, 4.69) is 48.0 Å². The molecule has 2 rings (SSSR count). The van der Waals surface area contributed by atoms with Crippen LogP contribution in [0.25, 0.3) is 0 Å². The van der Waals surface area contributed by atoms with Crippen molar-refractivity contribution >= 4 is 0 Å². The van der Waals surface area contributed by atoms with Crippen molar-refractivity contribution in [3.05, 3.63) is 35.4 Å². The van der Waals surface area contributed by atoms with E-state index in [1.807, 2.05) is 13.8 Å². The second kappa shape index (κ2) is 8.28. The maximum atomic E-state index is 2.57. The van der Waals surface area contributed by atoms with Crippen LogP contribution in [0.2, 0.25) is 0 Å². The molecule has 1 aliphatic rings. The van der Waals surface area contributed by atoms with Crippen LogP contribution in [0.3, 0.4) is 0 Å². The summed E-state index contributed by atoms with van der Waals surface area (Å²) in [5, 5.41) is 0. The van der Waals surface area contributed by atoms with Crippen molar-refractivity contribution in [1.82, 2.24) is 9.80 Å². The number of piperazine rings is 1. The molecule has 0 saturated carbocycles. The van der Waals surface area contributed by atoms with Crippen LogP contribution in [0.4, 0.5) is 0 Å². The number of hydrogen-bond donors (Lipinski definition) is 0. The molecule has 0 aliphatic carbocycles. The third-order valence-corrected chi connectivity index (χ3v) is 3.43. The van der Waals surface area contributed by atoms with Gasteiger partial charge < -0.3 is 9.80 Å². The van der Waals surface area contributed by atoms with Gasteiger partial charge >= 0.3 is 0 Å². The largest absolute Gasteiger partial charge is 0.304 e. The van der Waals surface area contributed by atoms with Crippen molar-refractivity contribution in [1.29, 1.82) is 0 Å². The Kier molecular flexibility index (Phi) is 6.99. The normalized spacial score (nSPS) is 17.1. The maximum Gasteiger partial charge on any atom is 0.0110 e. The van der Waals surface area contributed by atoms with E-state index in [9.17, 15) is 0 Å². The number of benzene rings is 1. The van der Waals surface area contributed by atoms with Crippen molar-refractivity contribution < 1.29 is 0 Å². The monoisotopic (exact) mass is 248 g/mol. The zero-order valence-corrected chi connectivity index (χ0v) is 12.4. The number of hydrogen-bond acceptors (Lipinski definition) is 2. The predicted octanol–water partition coefficient (Wildman–Crippen LogP) is 2.81. The Morgan fingerprint density at radius 2 is 1.50 bits per heavy atom. The molecule has 1 fully saturated rings. The van der Waals surface area contributed by atoms with Crippen molar-refractivity contribution in [2.75, 3.05) is 39.8 Å². The Bertz CT molecular complexity index is 310. The van der Waals surface area contributed by atoms with Crippen LogP contribution in [0.1, 0.15) is 25.0 Å². The van der Waals surface area contributed by atoms with Crippen LogP contribution >= 0.6 is 0 Å². The van der Waals surface area contributed by atoms with Crippen LogP contribution in [-0.4, -0.2) is 49.6 Å². The van der Waals surface area contributed by atoms with Gasteiger partial charge in [-0.2, -0.15) is 0 Å². The first kappa shape index (κ1) is 15.2. The van der Waals surface area contributed by atoms with Gasteiger partial charge in [0.15, 0.2) is 0 Å². The zero-order valence-electron chi connectivity index (χ0n) is 12.4. The minimum Gasteiger partial charge on any atom is -0.304 e. The number of nitrogens with zero attached hydrogens (tertiary/aromatic N) is 2. The first-order valence-electron chi connectivity index (χ1n) is 7.20. The molecule has 1 aliphatic heterocycles. The lowest BCUT2D eigenvalue weighted by atomic mass is 10.1. The van der Waals surface area contributed by atoms with E-state index in [1.165, 1.54) is 50.3 Å². The second-order valence-corrected chi connectivity index (χ2v) is 4.88. The van der Waals surface area contributed by atoms with Crippen LogP contribution < -0.4 is 0 Å². The summed E-state index contributed by atoms with van der Waals surface area (Å²) in [4.78, 5) is 4.97. The van der Waals surface area contributed by atoms with E-state index in [0.717, 1.165) is 0 Å². The highest BCUT2D eigenvalue weighted by molar-refractivity contribution is 5.21. The van der Waals surface area contributed by atoms with Gasteiger partial charge in [0.25, 0.3) is 0 Å². The van der Waals surface area contributed by atoms with Crippen molar-refractivity contribution in [3.63, 3.8) is 0 Å². The topological polar surface area (TPSA) is 6.48 Å². The summed E-state index contributed by atoms with van der Waals surface area (Å²) in [6.45, 7) is 12.2. The van der Waals surface area contributed by atoms with E-state index in [4.69, 9.17) is 0 Å². The van der Waals surface area contributed by atoms with Crippen LogP contribution in [0.15, 0.2) is 24.3 Å². The number of aryl methyl sites for hydroxylation is 1. The van der Waals surface area contributed by atoms with Crippen molar-refractivity contribution in [3.8, 4) is 0 Å². The third kappa shape index (κ3) is 5.19. The molecule has 0 atom stereocenters. The van der Waals surface area contributed by atoms with Gasteiger partial charge in [0, 0.05) is 32.7 Å². The van der Waals surface area contributed by atoms with Crippen LogP contribution in [-0.2, 0) is 6.42 Å². The smallest absolute Gasteiger partial charge is 0.0110 e. The summed E-state index contributed by atoms with van der Waals surface area (Å²) in [7, 11) is 2.21. The Hall–Kier alpha value is -0.860. The van der Waals surface area contributed by atoms with E-state index in [1.54, 1.807) is 0 Å². The molecule has 0 bridgehead atoms. The summed E-state index contributed by atoms with van der Waals surface area (Å²) < 4.78 is 0. The van der Waals surface area contributed by atoms with Gasteiger partial charge in [0.1, 0.15) is 0 Å². The van der Waals surface area contributed by atoms with Gasteiger partial charge in [-0.1, -0.05) is 43.7 Å². The molecule has 0 aromatic heterocycles. The quantitative estimate of drug-likeness (QED) is 0.811. The van der Waals surface area contributed by atoms with E-state index < -0.39 is 0 Å². The highest BCUT2D eigenvalue weighted by atomic mass is 15.2. The average molecular weight is 248 g/mol. The van der Waals surface area contributed by atoms with Gasteiger partial charge in [-0.05, 0) is 26.0 Å². The molecule has 0 radical (unpaired) electrons. The Balaban J connectivity index is 0.000000771. The first-order chi connectivity index (χ1) is 8.74. The highest BCUT2D eigenvalue weighted by Crippen LogP contribution is 2.06. The number of rotatable bonds is 3. The fourth-order valence-electron chi connectivity index (χ4n) is 2.11. The first-order valence-corrected chi connectivity index (χ1v) is 7.20. The van der Waals surface area contributed by atoms with Gasteiger partial charge in [0.2, 0.25) is 0 Å². The Labute approximate surface area is 113 Å². The van der Waals surface area contributed by atoms with E-state index in [-0.39, 0.29) is 0 Å². The molecule has 1 aromatic rings. The molecule has 102 valence electrons. The minimum absolute atomic E-state index is 1.18. The van der Waals surface area contributed by atoms with Crippen LogP contribution in [0, 0.1) is 6.92 Å². The summed E-state index contributed by atoms with van der Waals surface area (Å²) in [5.74, 6) is 0. The average Bonchev–Trinajstić information content (AvgIpc) is 2.42. The maximum absolute atomic E-state index is 2.57. The zero-order chi connectivity index (χ0) is 13.4. The molecule has 2 heteroatoms. The molecule has 0 unspecified atom stereocenters. The van der Waals surface area contributed by atoms with E-state index in [0.29, 0.717) is 0 Å². The Morgan fingerprint density at radius 1 is 0.944 bits per heavy atom. The molecule has 1 saturated heterocycles. The van der Waals surface area contributed by atoms with Crippen molar-refractivity contribution in [2.24, 2.45) is 0 Å². The highest BCUT2D eigenvalue weighted by Gasteiger charge is 2.12. The lowest BCUT2D eigenvalue weighted by Crippen LogP contribution is -2.45. The molecule has 0 spiro atoms. The fraction of sp³-hybridized carbons (Fsp3) is 0.625. The molecule has 1 heterocycles. The van der Waals surface area contributed by atoms with E-state index >= 15 is 0 Å². The molecule has 1 aromatic carbocycles. The fourth-order valence-corrected chi connectivity index (χ4v) is 2.11. The molecular weight excluding hydrogens is 220 g/mol. The van der Waals surface area contributed by atoms with Crippen LogP contribution in [0.5, 0.6) is 0 Å². The summed E-state index contributed by atoms with van der Waals surface area (Å²) in [6.07, 6.45) is 1.18. The van der Waals surface area contributed by atoms with Gasteiger partial charge in [-0.15, -0.1) is 0 Å². The molecule has 18 heavy (non-hydrogen) atoms. The predicted molar refractivity (Wildman–Crippen MR) is 80.2 cm³/mol. The standard InChI is InChI=1S/C14H22N2.C2H6/c1-13-3-5-14(6-4-13)7-8-16-11-9-15(2)10-12-16;1-2/h3-6H,7-12H2,1-2H3;1-2H3. The molecule has 0 N–H and O–H groups in total. The SMILES string of the molecule is CC.Cc1ccc(CCN2CCN(C)CC2)cc1. The van der Waals surface area contributed by atoms with Crippen molar-refractivity contribution in [2.45, 2.75) is 27.2 Å². The lowest BCUT2D eigenvalue weighted by Gasteiger charge is -2.32. The third-order valence-electron chi connectivity index (χ3n) is 3.43. The molecule has 0 amide bonds. The Morgan fingerprint density at radius 3 is 2.06 bits per heavy atom. The molecule has 2 nitrogen and oxygen atoms in total. The van der Waals surface area contributed by atoms with Gasteiger partial charge in [0.05, 0.1) is 0 Å². The minimum atomic E-state index is 1.18. The van der Waals surface area contributed by atoms with Gasteiger partial charge in [-0.25, -0.2) is 0 Å². The van der Waals surface area contributed by atoms with Gasteiger partial charge in [-0.3, -0.25) is 0 Å². The summed E-state index contributed by atoms with van der Waals surface area (Å²) in [5.41, 5.74) is 2.81. The second-order valence-electron chi connectivity index (χ2n) is 4.88. The number of likely N-dealkylation sites (N-methyl/N-ethyl adjacent to an activating group) is 1. The lowest BCUT2D eigenvalue weighted by molar-refractivity contribution is 0.155.